The maximum absolute atomic E-state index is 6.30. The largest absolute Gasteiger partial charge is 0.494 e. The minimum atomic E-state index is -0.336. The highest BCUT2D eigenvalue weighted by Crippen LogP contribution is 2.39. The van der Waals surface area contributed by atoms with E-state index in [4.69, 9.17) is 13.7 Å². The number of likely N-dealkylation sites (tertiary alicyclic amines) is 1. The van der Waals surface area contributed by atoms with E-state index in [-0.39, 0.29) is 18.3 Å². The van der Waals surface area contributed by atoms with Gasteiger partial charge >= 0.3 is 7.12 Å². The van der Waals surface area contributed by atoms with Gasteiger partial charge in [0.2, 0.25) is 0 Å². The van der Waals surface area contributed by atoms with Crippen molar-refractivity contribution in [3.8, 4) is 0 Å². The number of furan rings is 1. The fourth-order valence-corrected chi connectivity index (χ4v) is 4.09. The third kappa shape index (κ3) is 3.21. The van der Waals surface area contributed by atoms with Crippen LogP contribution in [0.25, 0.3) is 11.0 Å². The number of fused-ring (bicyclic) bond motifs is 1. The lowest BCUT2D eigenvalue weighted by Crippen LogP contribution is -2.44. The minimum absolute atomic E-state index is 0.281. The number of rotatable bonds is 5. The van der Waals surface area contributed by atoms with Crippen LogP contribution in [0.4, 0.5) is 0 Å². The second-order valence-electron chi connectivity index (χ2n) is 8.47. The van der Waals surface area contributed by atoms with Gasteiger partial charge in [-0.2, -0.15) is 0 Å². The van der Waals surface area contributed by atoms with Crippen molar-refractivity contribution in [1.29, 1.82) is 0 Å². The van der Waals surface area contributed by atoms with Crippen molar-refractivity contribution in [3.05, 3.63) is 30.0 Å². The molecule has 2 saturated heterocycles. The molecule has 0 radical (unpaired) electrons. The minimum Gasteiger partial charge on any atom is -0.461 e. The van der Waals surface area contributed by atoms with Gasteiger partial charge in [0, 0.05) is 18.4 Å². The Morgan fingerprint density at radius 3 is 2.54 bits per heavy atom. The van der Waals surface area contributed by atoms with Gasteiger partial charge in [0.1, 0.15) is 11.3 Å². The molecule has 1 atom stereocenters. The summed E-state index contributed by atoms with van der Waals surface area (Å²) in [4.78, 5) is 2.52. The van der Waals surface area contributed by atoms with Gasteiger partial charge in [-0.05, 0) is 70.7 Å². The molecule has 2 aliphatic rings. The van der Waals surface area contributed by atoms with Crippen LogP contribution in [0.1, 0.15) is 52.7 Å². The van der Waals surface area contributed by atoms with E-state index >= 15 is 0 Å². The van der Waals surface area contributed by atoms with E-state index < -0.39 is 0 Å². The maximum Gasteiger partial charge on any atom is 0.494 e. The molecule has 2 aliphatic heterocycles. The molecular formula is C21H30BNO3. The molecule has 0 saturated carbocycles. The van der Waals surface area contributed by atoms with Crippen molar-refractivity contribution < 1.29 is 13.7 Å². The molecule has 1 aromatic heterocycles. The van der Waals surface area contributed by atoms with Gasteiger partial charge in [0.25, 0.3) is 0 Å². The molecule has 0 spiro atoms. The van der Waals surface area contributed by atoms with Gasteiger partial charge < -0.3 is 18.6 Å². The van der Waals surface area contributed by atoms with Gasteiger partial charge in [-0.1, -0.05) is 19.1 Å². The monoisotopic (exact) mass is 355 g/mol. The molecule has 0 amide bonds. The molecule has 5 heteroatoms. The first-order valence-corrected chi connectivity index (χ1v) is 10.0. The zero-order chi connectivity index (χ0) is 18.4. The van der Waals surface area contributed by atoms with Crippen LogP contribution in [0.2, 0.25) is 0 Å². The Labute approximate surface area is 157 Å². The van der Waals surface area contributed by atoms with Crippen LogP contribution >= 0.6 is 0 Å². The molecule has 0 bridgehead atoms. The fraction of sp³-hybridized carbons (Fsp3) is 0.619. The molecule has 1 unspecified atom stereocenters. The lowest BCUT2D eigenvalue weighted by molar-refractivity contribution is -0.0118. The Morgan fingerprint density at radius 2 is 1.85 bits per heavy atom. The Hall–Kier alpha value is -1.30. The van der Waals surface area contributed by atoms with E-state index in [1.165, 1.54) is 25.9 Å². The van der Waals surface area contributed by atoms with Gasteiger partial charge in [0.05, 0.1) is 11.2 Å². The zero-order valence-electron chi connectivity index (χ0n) is 16.5. The zero-order valence-corrected chi connectivity index (χ0v) is 16.5. The summed E-state index contributed by atoms with van der Waals surface area (Å²) in [5.74, 6) is 1.07. The average molecular weight is 355 g/mol. The summed E-state index contributed by atoms with van der Waals surface area (Å²) in [5.41, 5.74) is 1.36. The lowest BCUT2D eigenvalue weighted by Gasteiger charge is -2.35. The Morgan fingerprint density at radius 1 is 1.08 bits per heavy atom. The number of benzene rings is 1. The van der Waals surface area contributed by atoms with Crippen LogP contribution in [0.5, 0.6) is 0 Å². The lowest BCUT2D eigenvalue weighted by atomic mass is 9.79. The first-order valence-electron chi connectivity index (χ1n) is 10.0. The maximum atomic E-state index is 6.30. The van der Waals surface area contributed by atoms with Crippen LogP contribution in [0.15, 0.2) is 28.7 Å². The van der Waals surface area contributed by atoms with Crippen LogP contribution in [-0.2, 0) is 15.7 Å². The van der Waals surface area contributed by atoms with Crippen molar-refractivity contribution in [1.82, 2.24) is 4.90 Å². The van der Waals surface area contributed by atoms with Crippen LogP contribution in [0.3, 0.4) is 0 Å². The SMILES string of the molecule is CCC1(C)OB(c2ccc3cc(CCN4CCCC4)oc3c2)OC1(C)C. The van der Waals surface area contributed by atoms with E-state index in [9.17, 15) is 0 Å². The summed E-state index contributed by atoms with van der Waals surface area (Å²) in [6, 6.07) is 8.47. The first kappa shape index (κ1) is 18.1. The Kier molecular flexibility index (Phi) is 4.66. The van der Waals surface area contributed by atoms with Crippen LogP contribution in [0, 0.1) is 0 Å². The van der Waals surface area contributed by atoms with E-state index in [1.54, 1.807) is 0 Å². The average Bonchev–Trinajstić information content (AvgIpc) is 3.31. The summed E-state index contributed by atoms with van der Waals surface area (Å²) >= 11 is 0. The van der Waals surface area contributed by atoms with Crippen molar-refractivity contribution >= 4 is 23.6 Å². The van der Waals surface area contributed by atoms with Gasteiger partial charge in [0.15, 0.2) is 0 Å². The highest BCUT2D eigenvalue weighted by molar-refractivity contribution is 6.62. The third-order valence-corrected chi connectivity index (χ3v) is 6.46. The number of hydrogen-bond donors (Lipinski definition) is 0. The third-order valence-electron chi connectivity index (χ3n) is 6.46. The highest BCUT2D eigenvalue weighted by atomic mass is 16.7. The summed E-state index contributed by atoms with van der Waals surface area (Å²) in [5, 5.41) is 1.15. The summed E-state index contributed by atoms with van der Waals surface area (Å²) in [7, 11) is -0.336. The van der Waals surface area contributed by atoms with Crippen LogP contribution in [-0.4, -0.2) is 42.9 Å². The smallest absolute Gasteiger partial charge is 0.461 e. The molecule has 1 aromatic carbocycles. The Balaban J connectivity index is 1.51. The van der Waals surface area contributed by atoms with E-state index in [0.29, 0.717) is 0 Å². The molecule has 4 rings (SSSR count). The molecule has 0 N–H and O–H groups in total. The molecule has 0 aliphatic carbocycles. The highest BCUT2D eigenvalue weighted by Gasteiger charge is 2.53. The predicted molar refractivity (Wildman–Crippen MR) is 106 cm³/mol. The van der Waals surface area contributed by atoms with E-state index in [2.05, 4.69) is 56.9 Å². The van der Waals surface area contributed by atoms with Crippen molar-refractivity contribution in [2.75, 3.05) is 19.6 Å². The van der Waals surface area contributed by atoms with E-state index in [1.807, 2.05) is 0 Å². The van der Waals surface area contributed by atoms with Crippen LogP contribution < -0.4 is 5.46 Å². The molecule has 26 heavy (non-hydrogen) atoms. The Bertz CT molecular complexity index is 781. The number of hydrogen-bond acceptors (Lipinski definition) is 4. The summed E-state index contributed by atoms with van der Waals surface area (Å²) in [6.07, 6.45) is 4.55. The predicted octanol–water partition coefficient (Wildman–Crippen LogP) is 3.76. The summed E-state index contributed by atoms with van der Waals surface area (Å²) in [6.45, 7) is 12.0. The molecule has 2 fully saturated rings. The standard InChI is InChI=1S/C21H30BNO3/c1-5-21(4)20(2,3)25-22(26-21)17-9-8-16-14-18(24-19(16)15-17)10-13-23-11-6-7-12-23/h8-9,14-15H,5-7,10-13H2,1-4H3. The van der Waals surface area contributed by atoms with Gasteiger partial charge in [-0.25, -0.2) is 0 Å². The summed E-state index contributed by atoms with van der Waals surface area (Å²) < 4.78 is 18.7. The normalized spacial score (nSPS) is 26.2. The quantitative estimate of drug-likeness (QED) is 0.765. The second-order valence-corrected chi connectivity index (χ2v) is 8.47. The van der Waals surface area contributed by atoms with Crippen molar-refractivity contribution in [2.45, 2.75) is 64.6 Å². The second kappa shape index (κ2) is 6.70. The number of nitrogens with zero attached hydrogens (tertiary/aromatic N) is 1. The van der Waals surface area contributed by atoms with Crippen molar-refractivity contribution in [2.24, 2.45) is 0 Å². The molecule has 2 aromatic rings. The van der Waals surface area contributed by atoms with Gasteiger partial charge in [-0.3, -0.25) is 0 Å². The van der Waals surface area contributed by atoms with Crippen molar-refractivity contribution in [3.63, 3.8) is 0 Å². The topological polar surface area (TPSA) is 34.8 Å². The molecule has 4 nitrogen and oxygen atoms in total. The van der Waals surface area contributed by atoms with E-state index in [0.717, 1.165) is 41.6 Å². The van der Waals surface area contributed by atoms with Gasteiger partial charge in [-0.15, -0.1) is 0 Å². The molecule has 3 heterocycles. The fourth-order valence-electron chi connectivity index (χ4n) is 4.09. The molecular weight excluding hydrogens is 325 g/mol. The molecule has 140 valence electrons. The first-order chi connectivity index (χ1) is 12.4.